The molecule has 1 heterocycles. The van der Waals surface area contributed by atoms with Crippen molar-refractivity contribution in [3.63, 3.8) is 0 Å². The van der Waals surface area contributed by atoms with Crippen LogP contribution in [0.4, 0.5) is 8.78 Å². The zero-order chi connectivity index (χ0) is 16.8. The average molecular weight is 324 g/mol. The van der Waals surface area contributed by atoms with Crippen LogP contribution in [0.25, 0.3) is 10.9 Å². The highest BCUT2D eigenvalue weighted by Crippen LogP contribution is 2.37. The topological polar surface area (TPSA) is 64.1 Å². The summed E-state index contributed by atoms with van der Waals surface area (Å²) in [6.45, 7) is 3.89. The van der Waals surface area contributed by atoms with Crippen LogP contribution in [-0.4, -0.2) is 21.3 Å². The van der Waals surface area contributed by atoms with Crippen LogP contribution >= 0.6 is 0 Å². The van der Waals surface area contributed by atoms with Gasteiger partial charge in [0.2, 0.25) is 0 Å². The molecular weight excluding hydrogens is 306 g/mol. The first-order valence-corrected chi connectivity index (χ1v) is 7.61. The zero-order valence-electron chi connectivity index (χ0n) is 13.0. The van der Waals surface area contributed by atoms with Gasteiger partial charge in [-0.3, -0.25) is 9.36 Å². The summed E-state index contributed by atoms with van der Waals surface area (Å²) in [5, 5.41) is -0.0532. The maximum absolute atomic E-state index is 13.4. The van der Waals surface area contributed by atoms with E-state index in [9.17, 15) is 18.4 Å². The predicted molar refractivity (Wildman–Crippen MR) is 81.5 cm³/mol. The Labute approximate surface area is 130 Å². The molecule has 3 rings (SSSR count). The van der Waals surface area contributed by atoms with Gasteiger partial charge in [-0.2, -0.15) is 0 Å². The molecule has 23 heavy (non-hydrogen) atoms. The fourth-order valence-corrected chi connectivity index (χ4v) is 3.06. The summed E-state index contributed by atoms with van der Waals surface area (Å²) in [7, 11) is 0. The van der Waals surface area contributed by atoms with Gasteiger partial charge in [0.05, 0.1) is 29.2 Å². The summed E-state index contributed by atoms with van der Waals surface area (Å²) in [6.07, 6.45) is 2.45. The third-order valence-electron chi connectivity index (χ3n) is 4.22. The molecule has 0 unspecified atom stereocenters. The summed E-state index contributed by atoms with van der Waals surface area (Å²) in [5.41, 5.74) is -1.84. The number of hydrogen-bond acceptors (Lipinski definition) is 3. The summed E-state index contributed by atoms with van der Waals surface area (Å²) >= 11 is 0. The summed E-state index contributed by atoms with van der Waals surface area (Å²) in [5.74, 6) is -2.23. The van der Waals surface area contributed by atoms with Crippen LogP contribution in [-0.2, 0) is 11.3 Å². The van der Waals surface area contributed by atoms with Crippen molar-refractivity contribution in [1.29, 1.82) is 0 Å². The van der Waals surface area contributed by atoms with Crippen molar-refractivity contribution >= 4 is 10.9 Å². The van der Waals surface area contributed by atoms with Gasteiger partial charge < -0.3 is 9.72 Å². The maximum Gasteiger partial charge on any atom is 0.328 e. The molecule has 1 fully saturated rings. The molecule has 0 radical (unpaired) electrons. The number of H-pyrrole nitrogens is 1. The van der Waals surface area contributed by atoms with E-state index in [4.69, 9.17) is 4.74 Å². The first-order chi connectivity index (χ1) is 10.8. The number of aromatic nitrogens is 2. The second kappa shape index (κ2) is 5.56. The highest BCUT2D eigenvalue weighted by molar-refractivity contribution is 5.77. The number of aromatic amines is 1. The average Bonchev–Trinajstić information content (AvgIpc) is 2.42. The summed E-state index contributed by atoms with van der Waals surface area (Å²) in [4.78, 5) is 27.1. The van der Waals surface area contributed by atoms with Crippen LogP contribution < -0.4 is 11.2 Å². The van der Waals surface area contributed by atoms with E-state index in [1.165, 1.54) is 0 Å². The van der Waals surface area contributed by atoms with Crippen LogP contribution in [0.1, 0.15) is 33.1 Å². The molecule has 1 saturated carbocycles. The first kappa shape index (κ1) is 15.9. The van der Waals surface area contributed by atoms with Crippen molar-refractivity contribution in [3.05, 3.63) is 44.6 Å². The van der Waals surface area contributed by atoms with E-state index in [2.05, 4.69) is 4.98 Å². The molecule has 0 aliphatic heterocycles. The molecule has 1 aromatic heterocycles. The quantitative estimate of drug-likeness (QED) is 0.939. The van der Waals surface area contributed by atoms with E-state index in [1.807, 2.05) is 13.8 Å². The van der Waals surface area contributed by atoms with Gasteiger partial charge in [0.25, 0.3) is 5.56 Å². The number of ether oxygens (including phenoxy) is 1. The molecule has 0 saturated heterocycles. The summed E-state index contributed by atoms with van der Waals surface area (Å²) < 4.78 is 33.6. The van der Waals surface area contributed by atoms with Crippen molar-refractivity contribution in [3.8, 4) is 0 Å². The monoisotopic (exact) mass is 324 g/mol. The maximum atomic E-state index is 13.4. The molecule has 0 atom stereocenters. The van der Waals surface area contributed by atoms with E-state index in [0.29, 0.717) is 0 Å². The molecule has 0 spiro atoms. The fraction of sp³-hybridized carbons (Fsp3) is 0.500. The second-order valence-corrected chi connectivity index (χ2v) is 6.34. The third kappa shape index (κ3) is 2.81. The van der Waals surface area contributed by atoms with Crippen molar-refractivity contribution in [2.45, 2.75) is 51.4 Å². The number of benzene rings is 1. The summed E-state index contributed by atoms with van der Waals surface area (Å²) in [6, 6.07) is 1.64. The van der Waals surface area contributed by atoms with Gasteiger partial charge in [-0.25, -0.2) is 13.6 Å². The van der Waals surface area contributed by atoms with Gasteiger partial charge in [-0.1, -0.05) is 0 Å². The Bertz CT molecular complexity index is 866. The molecule has 1 aliphatic carbocycles. The van der Waals surface area contributed by atoms with Crippen LogP contribution in [0.5, 0.6) is 0 Å². The van der Waals surface area contributed by atoms with Gasteiger partial charge in [0.15, 0.2) is 11.6 Å². The molecule has 2 aromatic rings. The van der Waals surface area contributed by atoms with Crippen molar-refractivity contribution < 1.29 is 13.5 Å². The number of halogens is 2. The minimum atomic E-state index is -1.12. The first-order valence-electron chi connectivity index (χ1n) is 7.61. The molecule has 7 heteroatoms. The number of nitrogens with zero attached hydrogens (tertiary/aromatic N) is 1. The SMILES string of the molecule is CC(C)OC1(Cn2c(=O)[nH]c3cc(F)c(F)cc3c2=O)CCC1. The van der Waals surface area contributed by atoms with E-state index in [-0.39, 0.29) is 23.6 Å². The molecule has 0 bridgehead atoms. The molecular formula is C16H18F2N2O3. The van der Waals surface area contributed by atoms with E-state index < -0.39 is 28.5 Å². The van der Waals surface area contributed by atoms with Crippen molar-refractivity contribution in [2.75, 3.05) is 0 Å². The van der Waals surface area contributed by atoms with E-state index in [1.54, 1.807) is 0 Å². The fourth-order valence-electron chi connectivity index (χ4n) is 3.06. The third-order valence-corrected chi connectivity index (χ3v) is 4.22. The minimum Gasteiger partial charge on any atom is -0.370 e. The van der Waals surface area contributed by atoms with Gasteiger partial charge in [-0.05, 0) is 39.2 Å². The largest absolute Gasteiger partial charge is 0.370 e. The van der Waals surface area contributed by atoms with Gasteiger partial charge in [-0.15, -0.1) is 0 Å². The standard InChI is InChI=1S/C16H18F2N2O3/c1-9(2)23-16(4-3-5-16)8-20-14(21)10-6-11(17)12(18)7-13(10)19-15(20)22/h6-7,9H,3-5,8H2,1-2H3,(H,19,22). The molecule has 5 nitrogen and oxygen atoms in total. The Morgan fingerprint density at radius 3 is 2.48 bits per heavy atom. The minimum absolute atomic E-state index is 0.0115. The van der Waals surface area contributed by atoms with Gasteiger partial charge in [0, 0.05) is 6.07 Å². The Hall–Kier alpha value is -2.02. The lowest BCUT2D eigenvalue weighted by atomic mass is 9.79. The molecule has 0 amide bonds. The lowest BCUT2D eigenvalue weighted by Gasteiger charge is -2.43. The molecule has 1 aromatic carbocycles. The number of rotatable bonds is 4. The van der Waals surface area contributed by atoms with Crippen molar-refractivity contribution in [2.24, 2.45) is 0 Å². The van der Waals surface area contributed by atoms with Crippen molar-refractivity contribution in [1.82, 2.24) is 9.55 Å². The zero-order valence-corrected chi connectivity index (χ0v) is 13.0. The van der Waals surface area contributed by atoms with E-state index in [0.717, 1.165) is 36.0 Å². The van der Waals surface area contributed by atoms with Crippen LogP contribution in [0.2, 0.25) is 0 Å². The highest BCUT2D eigenvalue weighted by Gasteiger charge is 2.40. The lowest BCUT2D eigenvalue weighted by molar-refractivity contribution is -0.138. The van der Waals surface area contributed by atoms with Crippen LogP contribution in [0.15, 0.2) is 21.7 Å². The smallest absolute Gasteiger partial charge is 0.328 e. The van der Waals surface area contributed by atoms with Crippen LogP contribution in [0.3, 0.4) is 0 Å². The Kier molecular flexibility index (Phi) is 3.83. The van der Waals surface area contributed by atoms with Gasteiger partial charge >= 0.3 is 5.69 Å². The lowest BCUT2D eigenvalue weighted by Crippen LogP contribution is -2.50. The Morgan fingerprint density at radius 2 is 1.91 bits per heavy atom. The van der Waals surface area contributed by atoms with Crippen LogP contribution in [0, 0.1) is 11.6 Å². The number of nitrogens with one attached hydrogen (secondary N) is 1. The van der Waals surface area contributed by atoms with E-state index >= 15 is 0 Å². The number of fused-ring (bicyclic) bond motifs is 1. The predicted octanol–water partition coefficient (Wildman–Crippen LogP) is 2.32. The Morgan fingerprint density at radius 1 is 1.26 bits per heavy atom. The second-order valence-electron chi connectivity index (χ2n) is 6.34. The highest BCUT2D eigenvalue weighted by atomic mass is 19.2. The Balaban J connectivity index is 2.09. The molecule has 124 valence electrons. The normalized spacial score (nSPS) is 16.7. The van der Waals surface area contributed by atoms with Gasteiger partial charge in [0.1, 0.15) is 0 Å². The molecule has 1 aliphatic rings. The number of hydrogen-bond donors (Lipinski definition) is 1. The molecule has 1 N–H and O–H groups in total.